The van der Waals surface area contributed by atoms with Crippen LogP contribution < -0.4 is 15.8 Å². The lowest BCUT2D eigenvalue weighted by molar-refractivity contribution is 0.104. The van der Waals surface area contributed by atoms with Crippen molar-refractivity contribution in [1.82, 2.24) is 15.0 Å². The first-order valence-electron chi connectivity index (χ1n) is 9.00. The van der Waals surface area contributed by atoms with E-state index < -0.39 is 0 Å². The van der Waals surface area contributed by atoms with E-state index in [1.165, 1.54) is 6.33 Å². The number of rotatable bonds is 7. The predicted octanol–water partition coefficient (Wildman–Crippen LogP) is 4.01. The topological polar surface area (TPSA) is 106 Å². The summed E-state index contributed by atoms with van der Waals surface area (Å²) in [5, 5.41) is 4.02. The van der Waals surface area contributed by atoms with Gasteiger partial charge in [-0.05, 0) is 24.3 Å². The Morgan fingerprint density at radius 2 is 1.93 bits per heavy atom. The van der Waals surface area contributed by atoms with Gasteiger partial charge in [0.25, 0.3) is 0 Å². The minimum Gasteiger partial charge on any atom is -0.457 e. The maximum Gasteiger partial charge on any atom is 0.196 e. The molecule has 2 heterocycles. The molecular weight excluding hydrogens is 390 g/mol. The van der Waals surface area contributed by atoms with E-state index >= 15 is 0 Å². The van der Waals surface area contributed by atoms with Gasteiger partial charge in [0.2, 0.25) is 0 Å². The van der Waals surface area contributed by atoms with Crippen LogP contribution in [0.25, 0.3) is 11.0 Å². The first kappa shape index (κ1) is 18.9. The second kappa shape index (κ2) is 8.30. The van der Waals surface area contributed by atoms with Crippen LogP contribution in [0, 0.1) is 0 Å². The molecule has 2 aromatic carbocycles. The number of benzene rings is 2. The zero-order valence-electron chi connectivity index (χ0n) is 15.4. The summed E-state index contributed by atoms with van der Waals surface area (Å²) < 4.78 is 5.77. The molecule has 4 N–H and O–H groups in total. The molecule has 8 heteroatoms. The van der Waals surface area contributed by atoms with Gasteiger partial charge in [-0.25, -0.2) is 9.97 Å². The summed E-state index contributed by atoms with van der Waals surface area (Å²) in [6, 6.07) is 14.3. The van der Waals surface area contributed by atoms with Crippen molar-refractivity contribution in [1.29, 1.82) is 0 Å². The fourth-order valence-corrected chi connectivity index (χ4v) is 3.24. The van der Waals surface area contributed by atoms with Gasteiger partial charge in [0.1, 0.15) is 29.3 Å². The number of ketones is 1. The minimum absolute atomic E-state index is 0.238. The Morgan fingerprint density at radius 1 is 1.10 bits per heavy atom. The average Bonchev–Trinajstić information content (AvgIpc) is 3.17. The first-order valence-corrected chi connectivity index (χ1v) is 9.38. The van der Waals surface area contributed by atoms with Crippen LogP contribution in [-0.4, -0.2) is 33.8 Å². The van der Waals surface area contributed by atoms with Crippen LogP contribution >= 0.6 is 11.6 Å². The highest BCUT2D eigenvalue weighted by Crippen LogP contribution is 2.31. The lowest BCUT2D eigenvalue weighted by Gasteiger charge is -2.09. The second-order valence-electron chi connectivity index (χ2n) is 6.25. The Morgan fingerprint density at radius 3 is 2.69 bits per heavy atom. The normalized spacial score (nSPS) is 10.8. The number of carbonyl (C=O) groups excluding carboxylic acids is 1. The SMILES string of the molecule is NCCNc1ncnc2[nH]cc(C(=O)c3ccc(Oc4ccccc4)cc3Cl)c12. The highest BCUT2D eigenvalue weighted by Gasteiger charge is 2.20. The van der Waals surface area contributed by atoms with Crippen LogP contribution in [-0.2, 0) is 0 Å². The van der Waals surface area contributed by atoms with Crippen molar-refractivity contribution in [2.75, 3.05) is 18.4 Å². The molecule has 0 atom stereocenters. The van der Waals surface area contributed by atoms with Crippen molar-refractivity contribution in [3.8, 4) is 11.5 Å². The maximum atomic E-state index is 13.2. The Kier molecular flexibility index (Phi) is 5.41. The molecule has 0 radical (unpaired) electrons. The number of nitrogens with two attached hydrogens (primary N) is 1. The van der Waals surface area contributed by atoms with Crippen molar-refractivity contribution in [2.24, 2.45) is 5.73 Å². The number of ether oxygens (including phenoxy) is 1. The van der Waals surface area contributed by atoms with E-state index in [0.717, 1.165) is 0 Å². The Balaban J connectivity index is 1.66. The molecule has 2 aromatic heterocycles. The second-order valence-corrected chi connectivity index (χ2v) is 6.66. The number of aromatic nitrogens is 3. The number of hydrogen-bond donors (Lipinski definition) is 3. The smallest absolute Gasteiger partial charge is 0.196 e. The molecule has 0 amide bonds. The standard InChI is InChI=1S/C21H18ClN5O2/c22-17-10-14(29-13-4-2-1-3-5-13)6-7-15(17)19(28)16-11-25-21-18(16)20(24-9-8-23)26-12-27-21/h1-7,10-12H,8-9,23H2,(H2,24,25,26,27). The lowest BCUT2D eigenvalue weighted by Crippen LogP contribution is -2.14. The van der Waals surface area contributed by atoms with E-state index in [1.807, 2.05) is 30.3 Å². The first-order chi connectivity index (χ1) is 14.2. The number of nitrogens with one attached hydrogen (secondary N) is 2. The fraction of sp³-hybridized carbons (Fsp3) is 0.0952. The third kappa shape index (κ3) is 3.91. The zero-order chi connectivity index (χ0) is 20.2. The molecule has 4 rings (SSSR count). The van der Waals surface area contributed by atoms with Crippen molar-refractivity contribution in [3.63, 3.8) is 0 Å². The summed E-state index contributed by atoms with van der Waals surface area (Å²) in [6.07, 6.45) is 3.04. The van der Waals surface area contributed by atoms with Crippen molar-refractivity contribution in [3.05, 3.63) is 77.2 Å². The number of hydrogen-bond acceptors (Lipinski definition) is 6. The summed E-state index contributed by atoms with van der Waals surface area (Å²) in [6.45, 7) is 0.963. The van der Waals surface area contributed by atoms with E-state index in [-0.39, 0.29) is 5.78 Å². The minimum atomic E-state index is -0.238. The van der Waals surface area contributed by atoms with E-state index in [1.54, 1.807) is 24.4 Å². The van der Waals surface area contributed by atoms with Gasteiger partial charge in [0.05, 0.1) is 16.0 Å². The zero-order valence-corrected chi connectivity index (χ0v) is 16.1. The molecule has 0 saturated carbocycles. The number of H-pyrrole nitrogens is 1. The molecule has 0 spiro atoms. The van der Waals surface area contributed by atoms with Crippen molar-refractivity contribution >= 4 is 34.2 Å². The fourth-order valence-electron chi connectivity index (χ4n) is 2.98. The summed E-state index contributed by atoms with van der Waals surface area (Å²) in [7, 11) is 0. The van der Waals surface area contributed by atoms with E-state index in [9.17, 15) is 4.79 Å². The number of aromatic amines is 1. The van der Waals surface area contributed by atoms with Crippen LogP contribution in [0.4, 0.5) is 5.82 Å². The predicted molar refractivity (Wildman–Crippen MR) is 113 cm³/mol. The summed E-state index contributed by atoms with van der Waals surface area (Å²) in [5.41, 5.74) is 6.91. The van der Waals surface area contributed by atoms with Gasteiger partial charge in [-0.1, -0.05) is 29.8 Å². The van der Waals surface area contributed by atoms with E-state index in [4.69, 9.17) is 22.1 Å². The molecule has 0 fully saturated rings. The van der Waals surface area contributed by atoms with Gasteiger partial charge < -0.3 is 20.8 Å². The summed E-state index contributed by atoms with van der Waals surface area (Å²) in [4.78, 5) is 24.6. The summed E-state index contributed by atoms with van der Waals surface area (Å²) >= 11 is 6.41. The summed E-state index contributed by atoms with van der Waals surface area (Å²) in [5.74, 6) is 1.54. The highest BCUT2D eigenvalue weighted by atomic mass is 35.5. The largest absolute Gasteiger partial charge is 0.457 e. The molecule has 0 bridgehead atoms. The van der Waals surface area contributed by atoms with Gasteiger partial charge in [-0.15, -0.1) is 0 Å². The monoisotopic (exact) mass is 407 g/mol. The Bertz CT molecular complexity index is 1160. The number of anilines is 1. The third-order valence-electron chi connectivity index (χ3n) is 4.32. The van der Waals surface area contributed by atoms with E-state index in [0.29, 0.717) is 57.6 Å². The Hall–Kier alpha value is -3.42. The highest BCUT2D eigenvalue weighted by molar-refractivity contribution is 6.35. The molecule has 29 heavy (non-hydrogen) atoms. The molecule has 146 valence electrons. The van der Waals surface area contributed by atoms with Crippen molar-refractivity contribution in [2.45, 2.75) is 0 Å². The Labute approximate surface area is 171 Å². The van der Waals surface area contributed by atoms with E-state index in [2.05, 4.69) is 20.3 Å². The molecule has 0 aliphatic carbocycles. The number of fused-ring (bicyclic) bond motifs is 1. The maximum absolute atomic E-state index is 13.2. The van der Waals surface area contributed by atoms with Crippen LogP contribution in [0.3, 0.4) is 0 Å². The molecule has 4 aromatic rings. The van der Waals surface area contributed by atoms with Crippen LogP contribution in [0.15, 0.2) is 61.1 Å². The van der Waals surface area contributed by atoms with Crippen LogP contribution in [0.1, 0.15) is 15.9 Å². The van der Waals surface area contributed by atoms with Crippen LogP contribution in [0.5, 0.6) is 11.5 Å². The molecular formula is C21H18ClN5O2. The molecule has 7 nitrogen and oxygen atoms in total. The molecule has 0 unspecified atom stereocenters. The van der Waals surface area contributed by atoms with Gasteiger partial charge >= 0.3 is 0 Å². The van der Waals surface area contributed by atoms with Crippen LogP contribution in [0.2, 0.25) is 5.02 Å². The molecule has 0 aliphatic rings. The van der Waals surface area contributed by atoms with Gasteiger partial charge in [0.15, 0.2) is 5.78 Å². The molecule has 0 aliphatic heterocycles. The van der Waals surface area contributed by atoms with Gasteiger partial charge in [-0.2, -0.15) is 0 Å². The molecule has 0 saturated heterocycles. The number of halogens is 1. The average molecular weight is 408 g/mol. The number of nitrogens with zero attached hydrogens (tertiary/aromatic N) is 2. The quantitative estimate of drug-likeness (QED) is 0.400. The third-order valence-corrected chi connectivity index (χ3v) is 4.63. The number of carbonyl (C=O) groups is 1. The lowest BCUT2D eigenvalue weighted by atomic mass is 10.0. The van der Waals surface area contributed by atoms with Gasteiger partial charge in [-0.3, -0.25) is 4.79 Å². The van der Waals surface area contributed by atoms with Crippen molar-refractivity contribution < 1.29 is 9.53 Å². The number of para-hydroxylation sites is 1. The van der Waals surface area contributed by atoms with Gasteiger partial charge in [0, 0.05) is 30.9 Å².